The lowest BCUT2D eigenvalue weighted by Crippen LogP contribution is -2.23. The lowest BCUT2D eigenvalue weighted by Gasteiger charge is -2.18. The fraction of sp³-hybridized carbons (Fsp3) is 0.192. The Balaban J connectivity index is 1.32. The van der Waals surface area contributed by atoms with E-state index in [2.05, 4.69) is 69.1 Å². The molecule has 0 saturated heterocycles. The summed E-state index contributed by atoms with van der Waals surface area (Å²) in [7, 11) is 0. The van der Waals surface area contributed by atoms with E-state index in [0.29, 0.717) is 6.61 Å². The molecule has 0 amide bonds. The second-order valence-corrected chi connectivity index (χ2v) is 8.77. The van der Waals surface area contributed by atoms with Crippen LogP contribution in [-0.4, -0.2) is 22.4 Å². The first-order valence-electron chi connectivity index (χ1n) is 10.3. The minimum atomic E-state index is 0.533. The minimum Gasteiger partial charge on any atom is -0.488 e. The monoisotopic (exact) mass is 444 g/mol. The summed E-state index contributed by atoms with van der Waals surface area (Å²) in [5.74, 6) is 7.41. The van der Waals surface area contributed by atoms with Crippen molar-refractivity contribution in [2.45, 2.75) is 20.1 Å². The van der Waals surface area contributed by atoms with Gasteiger partial charge < -0.3 is 4.74 Å². The number of hydrogen-bond donors (Lipinski definition) is 0. The second-order valence-electron chi connectivity index (χ2n) is 7.10. The van der Waals surface area contributed by atoms with Crippen LogP contribution in [0.5, 0.6) is 5.75 Å². The maximum Gasteiger partial charge on any atom is 0.124 e. The molecular formula is C26H24N2OS2. The topological polar surface area (TPSA) is 25.4 Å². The molecule has 2 heterocycles. The average Bonchev–Trinajstić information content (AvgIpc) is 3.50. The SMILES string of the molecule is CCN(CC#Cc1ccccc1)Cc1cccc(OCc2cc(-c3ccsc3)ns2)c1. The van der Waals surface area contributed by atoms with Gasteiger partial charge in [-0.25, -0.2) is 0 Å². The summed E-state index contributed by atoms with van der Waals surface area (Å²) >= 11 is 3.19. The van der Waals surface area contributed by atoms with Gasteiger partial charge in [0.2, 0.25) is 0 Å². The van der Waals surface area contributed by atoms with Crippen molar-refractivity contribution in [3.05, 3.63) is 93.5 Å². The van der Waals surface area contributed by atoms with Crippen molar-refractivity contribution in [3.8, 4) is 28.8 Å². The third-order valence-electron chi connectivity index (χ3n) is 4.82. The van der Waals surface area contributed by atoms with E-state index in [-0.39, 0.29) is 0 Å². The van der Waals surface area contributed by atoms with Gasteiger partial charge in [0.25, 0.3) is 0 Å². The fourth-order valence-corrected chi connectivity index (χ4v) is 4.43. The van der Waals surface area contributed by atoms with Gasteiger partial charge in [-0.1, -0.05) is 49.1 Å². The summed E-state index contributed by atoms with van der Waals surface area (Å²) < 4.78 is 10.6. The van der Waals surface area contributed by atoms with Gasteiger partial charge in [-0.15, -0.1) is 0 Å². The molecule has 0 aliphatic heterocycles. The first kappa shape index (κ1) is 21.3. The molecule has 156 valence electrons. The number of ether oxygens (including phenoxy) is 1. The highest BCUT2D eigenvalue weighted by molar-refractivity contribution is 7.08. The molecule has 0 aliphatic carbocycles. The highest BCUT2D eigenvalue weighted by Crippen LogP contribution is 2.25. The maximum absolute atomic E-state index is 6.04. The van der Waals surface area contributed by atoms with Crippen LogP contribution in [0.15, 0.2) is 77.5 Å². The zero-order chi connectivity index (χ0) is 21.3. The molecule has 5 heteroatoms. The van der Waals surface area contributed by atoms with Gasteiger partial charge >= 0.3 is 0 Å². The van der Waals surface area contributed by atoms with Crippen LogP contribution < -0.4 is 4.74 Å². The molecule has 0 radical (unpaired) electrons. The largest absolute Gasteiger partial charge is 0.488 e. The van der Waals surface area contributed by atoms with E-state index in [9.17, 15) is 0 Å². The smallest absolute Gasteiger partial charge is 0.124 e. The number of hydrogen-bond acceptors (Lipinski definition) is 5. The van der Waals surface area contributed by atoms with Crippen LogP contribution in [-0.2, 0) is 13.2 Å². The summed E-state index contributed by atoms with van der Waals surface area (Å²) in [5.41, 5.74) is 4.47. The Bertz CT molecular complexity index is 1140. The van der Waals surface area contributed by atoms with Crippen molar-refractivity contribution < 1.29 is 4.74 Å². The molecule has 0 saturated carbocycles. The van der Waals surface area contributed by atoms with Crippen LogP contribution >= 0.6 is 22.9 Å². The Hall–Kier alpha value is -2.91. The van der Waals surface area contributed by atoms with Crippen molar-refractivity contribution in [1.82, 2.24) is 9.27 Å². The van der Waals surface area contributed by atoms with Crippen molar-refractivity contribution in [1.29, 1.82) is 0 Å². The zero-order valence-corrected chi connectivity index (χ0v) is 19.1. The zero-order valence-electron chi connectivity index (χ0n) is 17.5. The van der Waals surface area contributed by atoms with Gasteiger partial charge in [0, 0.05) is 23.1 Å². The normalized spacial score (nSPS) is 10.6. The summed E-state index contributed by atoms with van der Waals surface area (Å²) in [6.07, 6.45) is 0. The summed E-state index contributed by atoms with van der Waals surface area (Å²) in [6, 6.07) is 22.6. The highest BCUT2D eigenvalue weighted by atomic mass is 32.1. The Morgan fingerprint density at radius 3 is 2.74 bits per heavy atom. The molecule has 0 fully saturated rings. The third kappa shape index (κ3) is 6.28. The lowest BCUT2D eigenvalue weighted by molar-refractivity contribution is 0.303. The van der Waals surface area contributed by atoms with Crippen LogP contribution in [0.4, 0.5) is 0 Å². The quantitative estimate of drug-likeness (QED) is 0.297. The Morgan fingerprint density at radius 2 is 1.94 bits per heavy atom. The van der Waals surface area contributed by atoms with Crippen molar-refractivity contribution in [2.24, 2.45) is 0 Å². The number of aromatic nitrogens is 1. The van der Waals surface area contributed by atoms with Crippen molar-refractivity contribution >= 4 is 22.9 Å². The number of benzene rings is 2. The molecule has 0 spiro atoms. The van der Waals surface area contributed by atoms with E-state index in [1.54, 1.807) is 11.3 Å². The predicted octanol–water partition coefficient (Wildman–Crippen LogP) is 6.32. The van der Waals surface area contributed by atoms with Crippen molar-refractivity contribution in [3.63, 3.8) is 0 Å². The minimum absolute atomic E-state index is 0.533. The van der Waals surface area contributed by atoms with Crippen molar-refractivity contribution in [2.75, 3.05) is 13.1 Å². The van der Waals surface area contributed by atoms with Crippen LogP contribution in [0.25, 0.3) is 11.3 Å². The Kier molecular flexibility index (Phi) is 7.51. The number of thiophene rings is 1. The van der Waals surface area contributed by atoms with Crippen LogP contribution in [0.2, 0.25) is 0 Å². The van der Waals surface area contributed by atoms with Gasteiger partial charge in [0.1, 0.15) is 12.4 Å². The van der Waals surface area contributed by atoms with E-state index in [1.165, 1.54) is 22.7 Å². The molecule has 0 bridgehead atoms. The van der Waals surface area contributed by atoms with E-state index in [4.69, 9.17) is 4.74 Å². The highest BCUT2D eigenvalue weighted by Gasteiger charge is 2.07. The first-order valence-corrected chi connectivity index (χ1v) is 12.0. The molecule has 0 aliphatic rings. The molecule has 4 rings (SSSR count). The molecule has 31 heavy (non-hydrogen) atoms. The molecular weight excluding hydrogens is 420 g/mol. The van der Waals surface area contributed by atoms with E-state index >= 15 is 0 Å². The molecule has 2 aromatic carbocycles. The van der Waals surface area contributed by atoms with E-state index in [1.807, 2.05) is 36.4 Å². The van der Waals surface area contributed by atoms with Crippen LogP contribution in [0.1, 0.15) is 22.9 Å². The molecule has 0 unspecified atom stereocenters. The molecule has 0 atom stereocenters. The average molecular weight is 445 g/mol. The summed E-state index contributed by atoms with van der Waals surface area (Å²) in [4.78, 5) is 3.45. The maximum atomic E-state index is 6.04. The summed E-state index contributed by atoms with van der Waals surface area (Å²) in [5, 5.41) is 4.19. The standard InChI is InChI=1S/C26H24N2OS2/c1-2-28(14-7-11-21-8-4-3-5-9-21)18-22-10-6-12-24(16-22)29-19-25-17-26(27-31-25)23-13-15-30-20-23/h3-6,8-10,12-13,15-17,20H,2,14,18-19H2,1H3. The summed E-state index contributed by atoms with van der Waals surface area (Å²) in [6.45, 7) is 5.23. The second kappa shape index (κ2) is 10.9. The molecule has 3 nitrogen and oxygen atoms in total. The van der Waals surface area contributed by atoms with E-state index < -0.39 is 0 Å². The fourth-order valence-electron chi connectivity index (χ4n) is 3.13. The molecule has 0 N–H and O–H groups in total. The third-order valence-corrected chi connectivity index (χ3v) is 6.26. The number of nitrogens with zero attached hydrogens (tertiary/aromatic N) is 2. The number of rotatable bonds is 8. The van der Waals surface area contributed by atoms with Gasteiger partial charge in [0.05, 0.1) is 17.1 Å². The van der Waals surface area contributed by atoms with Crippen LogP contribution in [0, 0.1) is 11.8 Å². The Labute approximate surface area is 192 Å². The van der Waals surface area contributed by atoms with Crippen LogP contribution in [0.3, 0.4) is 0 Å². The van der Waals surface area contributed by atoms with E-state index in [0.717, 1.165) is 41.5 Å². The first-order chi connectivity index (χ1) is 15.3. The predicted molar refractivity (Wildman–Crippen MR) is 130 cm³/mol. The molecule has 2 aromatic heterocycles. The van der Waals surface area contributed by atoms with Gasteiger partial charge in [-0.05, 0) is 65.4 Å². The van der Waals surface area contributed by atoms with Gasteiger partial charge in [0.15, 0.2) is 0 Å². The Morgan fingerprint density at radius 1 is 1.03 bits per heavy atom. The lowest BCUT2D eigenvalue weighted by atomic mass is 10.2. The molecule has 4 aromatic rings. The van der Waals surface area contributed by atoms with Gasteiger partial charge in [-0.3, -0.25) is 4.90 Å². The van der Waals surface area contributed by atoms with Gasteiger partial charge in [-0.2, -0.15) is 15.7 Å².